The molecule has 0 aromatic carbocycles. The predicted molar refractivity (Wildman–Crippen MR) is 85.9 cm³/mol. The van der Waals surface area contributed by atoms with Crippen molar-refractivity contribution >= 4 is 0 Å². The Hall–Kier alpha value is 0.359. The molecule has 0 saturated heterocycles. The van der Waals surface area contributed by atoms with Gasteiger partial charge >= 0.3 is 139 Å². The number of nitrogens with zero attached hydrogens (tertiary/aromatic N) is 2. The number of rotatable bonds is 12. The van der Waals surface area contributed by atoms with E-state index in [4.69, 9.17) is 7.64 Å². The molecule has 0 rings (SSSR count). The minimum atomic E-state index is -0.184. The summed E-state index contributed by atoms with van der Waals surface area (Å²) in [5.74, 6) is 0. The molecule has 0 aromatic rings. The number of hydrogen-bond donors (Lipinski definition) is 0. The van der Waals surface area contributed by atoms with Crippen LogP contribution in [-0.2, 0) is 23.3 Å². The van der Waals surface area contributed by atoms with Gasteiger partial charge in [0, 0.05) is 0 Å². The van der Waals surface area contributed by atoms with Crippen LogP contribution in [0.3, 0.4) is 0 Å². The van der Waals surface area contributed by atoms with E-state index < -0.39 is 0 Å². The molecule has 2 unspecified atom stereocenters. The molecule has 0 fully saturated rings. The minimum absolute atomic E-state index is 0.184. The summed E-state index contributed by atoms with van der Waals surface area (Å²) < 4.78 is 12.0. The number of likely N-dealkylation sites (N-methyl/N-ethyl adjacent to an activating group) is 2. The Bertz CT molecular complexity index is 255. The summed E-state index contributed by atoms with van der Waals surface area (Å²) in [6.45, 7) is 16.8. The molecule has 0 aromatic heterocycles. The van der Waals surface area contributed by atoms with Crippen LogP contribution in [0.2, 0.25) is 0 Å². The topological polar surface area (TPSA) is 24.9 Å². The molecule has 133 valence electrons. The molecule has 0 spiro atoms. The molecule has 0 aliphatic heterocycles. The Morgan fingerprint density at radius 2 is 1.10 bits per heavy atom. The molecule has 0 saturated carbocycles. The van der Waals surface area contributed by atoms with Crippen LogP contribution in [0.15, 0.2) is 0 Å². The average Bonchev–Trinajstić information content (AvgIpc) is 2.46. The van der Waals surface area contributed by atoms with Gasteiger partial charge in [-0.25, -0.2) is 0 Å². The average molecular weight is 352 g/mol. The van der Waals surface area contributed by atoms with Crippen LogP contribution in [0.25, 0.3) is 0 Å². The third-order valence-electron chi connectivity index (χ3n) is 4.13. The van der Waals surface area contributed by atoms with Crippen LogP contribution in [0.1, 0.15) is 54.4 Å². The fourth-order valence-corrected chi connectivity index (χ4v) is 2.66. The van der Waals surface area contributed by atoms with Gasteiger partial charge in [-0.2, -0.15) is 0 Å². The normalized spacial score (nSPS) is 18.2. The van der Waals surface area contributed by atoms with E-state index in [1.165, 1.54) is 15.6 Å². The van der Waals surface area contributed by atoms with Crippen molar-refractivity contribution in [3.05, 3.63) is 0 Å². The van der Waals surface area contributed by atoms with Crippen LogP contribution in [0.4, 0.5) is 0 Å². The van der Waals surface area contributed by atoms with E-state index in [-0.39, 0.29) is 11.2 Å². The van der Waals surface area contributed by atoms with E-state index in [0.29, 0.717) is 0 Å². The van der Waals surface area contributed by atoms with Crippen molar-refractivity contribution in [1.29, 1.82) is 0 Å². The van der Waals surface area contributed by atoms with Crippen LogP contribution < -0.4 is 0 Å². The van der Waals surface area contributed by atoms with Crippen molar-refractivity contribution in [3.63, 3.8) is 0 Å². The molecular formula is C16H36CuN2O2. The SMILES string of the molecule is CCN(C)CC(C)(CC)[O][Cu][O]C(C)(CC)CN(C)CC. The van der Waals surface area contributed by atoms with Crippen LogP contribution in [0, 0.1) is 0 Å². The van der Waals surface area contributed by atoms with Gasteiger partial charge < -0.3 is 0 Å². The van der Waals surface area contributed by atoms with Crippen molar-refractivity contribution in [3.8, 4) is 0 Å². The summed E-state index contributed by atoms with van der Waals surface area (Å²) in [5, 5.41) is 0. The molecular weight excluding hydrogens is 316 g/mol. The van der Waals surface area contributed by atoms with Crippen LogP contribution >= 0.6 is 0 Å². The van der Waals surface area contributed by atoms with E-state index in [1.54, 1.807) is 0 Å². The first-order valence-corrected chi connectivity index (χ1v) is 8.83. The standard InChI is InChI=1S/2C8H18NO.Cu/c2*1-5-8(3,10)7-9(4)6-2;/h2*5-7H2,1-4H3;/q2*-1;+2. The van der Waals surface area contributed by atoms with E-state index >= 15 is 0 Å². The van der Waals surface area contributed by atoms with E-state index in [0.717, 1.165) is 39.0 Å². The molecule has 5 heteroatoms. The van der Waals surface area contributed by atoms with Gasteiger partial charge in [-0.1, -0.05) is 0 Å². The Morgan fingerprint density at radius 1 is 0.762 bits per heavy atom. The van der Waals surface area contributed by atoms with Gasteiger partial charge in [0.25, 0.3) is 0 Å². The quantitative estimate of drug-likeness (QED) is 0.504. The molecule has 2 atom stereocenters. The first-order valence-electron chi connectivity index (χ1n) is 8.06. The molecule has 0 aliphatic carbocycles. The zero-order chi connectivity index (χ0) is 16.5. The fourth-order valence-electron chi connectivity index (χ4n) is 1.85. The molecule has 0 N–H and O–H groups in total. The Balaban J connectivity index is 4.40. The molecule has 0 radical (unpaired) electrons. The molecule has 4 nitrogen and oxygen atoms in total. The zero-order valence-corrected chi connectivity index (χ0v) is 16.2. The maximum atomic E-state index is 5.99. The fraction of sp³-hybridized carbons (Fsp3) is 1.00. The maximum absolute atomic E-state index is 5.99. The van der Waals surface area contributed by atoms with Crippen molar-refractivity contribution in [1.82, 2.24) is 9.80 Å². The molecule has 0 bridgehead atoms. The van der Waals surface area contributed by atoms with E-state index in [2.05, 4.69) is 65.4 Å². The zero-order valence-electron chi connectivity index (χ0n) is 15.3. The van der Waals surface area contributed by atoms with Gasteiger partial charge in [0.05, 0.1) is 0 Å². The van der Waals surface area contributed by atoms with Gasteiger partial charge in [0.2, 0.25) is 0 Å². The second-order valence-electron chi connectivity index (χ2n) is 6.44. The first kappa shape index (κ1) is 21.4. The summed E-state index contributed by atoms with van der Waals surface area (Å²) in [6, 6.07) is 0. The van der Waals surface area contributed by atoms with E-state index in [9.17, 15) is 0 Å². The van der Waals surface area contributed by atoms with Crippen molar-refractivity contribution in [2.24, 2.45) is 0 Å². The van der Waals surface area contributed by atoms with Crippen LogP contribution in [0.5, 0.6) is 0 Å². The van der Waals surface area contributed by atoms with Crippen molar-refractivity contribution < 1.29 is 23.3 Å². The molecule has 0 aliphatic rings. The molecule has 0 heterocycles. The summed E-state index contributed by atoms with van der Waals surface area (Å²) in [4.78, 5) is 4.54. The van der Waals surface area contributed by atoms with E-state index in [1.807, 2.05) is 0 Å². The van der Waals surface area contributed by atoms with Gasteiger partial charge in [-0.15, -0.1) is 0 Å². The Kier molecular flexibility index (Phi) is 10.4. The van der Waals surface area contributed by atoms with Crippen molar-refractivity contribution in [2.45, 2.75) is 65.6 Å². The predicted octanol–water partition coefficient (Wildman–Crippen LogP) is 3.17. The summed E-state index contributed by atoms with van der Waals surface area (Å²) >= 11 is 1.27. The van der Waals surface area contributed by atoms with Gasteiger partial charge in [-0.05, 0) is 0 Å². The third kappa shape index (κ3) is 8.53. The molecule has 21 heavy (non-hydrogen) atoms. The van der Waals surface area contributed by atoms with Crippen molar-refractivity contribution in [2.75, 3.05) is 40.3 Å². The first-order chi connectivity index (χ1) is 9.74. The Morgan fingerprint density at radius 3 is 1.33 bits per heavy atom. The van der Waals surface area contributed by atoms with Gasteiger partial charge in [0.15, 0.2) is 0 Å². The molecule has 0 amide bonds. The summed E-state index contributed by atoms with van der Waals surface area (Å²) in [6.07, 6.45) is 1.92. The van der Waals surface area contributed by atoms with Gasteiger partial charge in [0.1, 0.15) is 0 Å². The third-order valence-corrected chi connectivity index (χ3v) is 5.22. The van der Waals surface area contributed by atoms with Gasteiger partial charge in [-0.3, -0.25) is 0 Å². The second kappa shape index (κ2) is 10.2. The monoisotopic (exact) mass is 351 g/mol. The Labute approximate surface area is 139 Å². The summed E-state index contributed by atoms with van der Waals surface area (Å²) in [5.41, 5.74) is -0.369. The van der Waals surface area contributed by atoms with Crippen LogP contribution in [-0.4, -0.2) is 61.3 Å². The number of hydrogen-bond acceptors (Lipinski definition) is 4. The second-order valence-corrected chi connectivity index (χ2v) is 6.98. The summed E-state index contributed by atoms with van der Waals surface area (Å²) in [7, 11) is 4.24.